The second-order valence-electron chi connectivity index (χ2n) is 3.08. The van der Waals surface area contributed by atoms with E-state index in [0.29, 0.717) is 12.5 Å². The van der Waals surface area contributed by atoms with Gasteiger partial charge >= 0.3 is 5.97 Å². The van der Waals surface area contributed by atoms with Crippen LogP contribution < -0.4 is 18.1 Å². The summed E-state index contributed by atoms with van der Waals surface area (Å²) < 4.78 is 4.80. The number of hydrogen-bond acceptors (Lipinski definition) is 2. The Morgan fingerprint density at radius 3 is 2.33 bits per heavy atom. The van der Waals surface area contributed by atoms with Crippen molar-refractivity contribution >= 4 is 5.97 Å². The fourth-order valence-corrected chi connectivity index (χ4v) is 0.925. The monoisotopic (exact) mass is 195 g/mol. The third kappa shape index (κ3) is 6.43. The third-order valence-electron chi connectivity index (χ3n) is 1.38. The maximum Gasteiger partial charge on any atom is 0.364 e. The predicted molar refractivity (Wildman–Crippen MR) is 42.8 cm³/mol. The van der Waals surface area contributed by atoms with Crippen LogP contribution in [0.4, 0.5) is 0 Å². The van der Waals surface area contributed by atoms with E-state index in [1.165, 1.54) is 0 Å². The molecule has 74 valence electrons. The molecular formula is C8H18ClNO2. The summed E-state index contributed by atoms with van der Waals surface area (Å²) in [5, 5.41) is 0. The topological polar surface area (TPSA) is 53.9 Å². The number of quaternary nitrogens is 1. The van der Waals surface area contributed by atoms with Gasteiger partial charge in [0.2, 0.25) is 0 Å². The van der Waals surface area contributed by atoms with Crippen molar-refractivity contribution in [2.24, 2.45) is 5.92 Å². The lowest BCUT2D eigenvalue weighted by atomic mass is 10.1. The summed E-state index contributed by atoms with van der Waals surface area (Å²) >= 11 is 0. The SMILES string of the molecule is CCOC(=O)C([NH3+])CC(C)C.[Cl-]. The zero-order valence-electron chi connectivity index (χ0n) is 7.97. The first-order valence-corrected chi connectivity index (χ1v) is 4.07. The molecule has 0 amide bonds. The molecule has 0 fully saturated rings. The molecule has 0 saturated carbocycles. The number of rotatable bonds is 4. The first-order valence-electron chi connectivity index (χ1n) is 4.07. The number of esters is 1. The highest BCUT2D eigenvalue weighted by Crippen LogP contribution is 2.02. The van der Waals surface area contributed by atoms with Gasteiger partial charge in [-0.3, -0.25) is 0 Å². The molecule has 0 saturated heterocycles. The minimum absolute atomic E-state index is 0. The van der Waals surface area contributed by atoms with E-state index in [4.69, 9.17) is 4.74 Å². The normalized spacial score (nSPS) is 12.1. The van der Waals surface area contributed by atoms with Gasteiger partial charge in [-0.05, 0) is 12.8 Å². The standard InChI is InChI=1S/C8H17NO2.ClH/c1-4-11-8(10)7(9)5-6(2)3;/h6-7H,4-5,9H2,1-3H3;1H. The first-order chi connectivity index (χ1) is 5.07. The molecule has 0 spiro atoms. The molecule has 0 aromatic heterocycles. The van der Waals surface area contributed by atoms with Crippen LogP contribution in [0.1, 0.15) is 27.2 Å². The Bertz CT molecular complexity index is 128. The summed E-state index contributed by atoms with van der Waals surface area (Å²) in [5.41, 5.74) is 3.72. The summed E-state index contributed by atoms with van der Waals surface area (Å²) in [7, 11) is 0. The molecule has 3 nitrogen and oxygen atoms in total. The van der Waals surface area contributed by atoms with Crippen molar-refractivity contribution in [2.45, 2.75) is 33.2 Å². The van der Waals surface area contributed by atoms with E-state index in [9.17, 15) is 4.79 Å². The van der Waals surface area contributed by atoms with E-state index in [1.807, 2.05) is 0 Å². The van der Waals surface area contributed by atoms with Gasteiger partial charge in [0, 0.05) is 6.42 Å². The molecule has 4 heteroatoms. The van der Waals surface area contributed by atoms with E-state index < -0.39 is 0 Å². The fourth-order valence-electron chi connectivity index (χ4n) is 0.925. The summed E-state index contributed by atoms with van der Waals surface area (Å²) in [6.45, 7) is 6.39. The van der Waals surface area contributed by atoms with Crippen LogP contribution in [0.15, 0.2) is 0 Å². The van der Waals surface area contributed by atoms with Gasteiger partial charge in [-0.15, -0.1) is 0 Å². The number of carbonyl (C=O) groups excluding carboxylic acids is 1. The maximum atomic E-state index is 11.0. The minimum atomic E-state index is -0.199. The molecule has 12 heavy (non-hydrogen) atoms. The zero-order valence-corrected chi connectivity index (χ0v) is 8.73. The molecule has 0 radical (unpaired) electrons. The van der Waals surface area contributed by atoms with Gasteiger partial charge in [-0.1, -0.05) is 13.8 Å². The minimum Gasteiger partial charge on any atom is -1.00 e. The Labute approximate surface area is 80.1 Å². The number of ether oxygens (including phenoxy) is 1. The molecule has 0 heterocycles. The quantitative estimate of drug-likeness (QED) is 0.494. The Morgan fingerprint density at radius 1 is 1.50 bits per heavy atom. The Hall–Kier alpha value is -0.280. The van der Waals surface area contributed by atoms with Crippen LogP contribution in [-0.4, -0.2) is 18.6 Å². The maximum absolute atomic E-state index is 11.0. The lowest BCUT2D eigenvalue weighted by Gasteiger charge is -2.08. The average Bonchev–Trinajstić information content (AvgIpc) is 1.86. The van der Waals surface area contributed by atoms with Crippen molar-refractivity contribution in [2.75, 3.05) is 6.61 Å². The molecule has 0 bridgehead atoms. The largest absolute Gasteiger partial charge is 1.00 e. The van der Waals surface area contributed by atoms with Crippen LogP contribution in [0.25, 0.3) is 0 Å². The molecular weight excluding hydrogens is 178 g/mol. The molecule has 0 aromatic rings. The number of hydrogen-bond donors (Lipinski definition) is 1. The third-order valence-corrected chi connectivity index (χ3v) is 1.38. The summed E-state index contributed by atoms with van der Waals surface area (Å²) in [6, 6.07) is -0.199. The van der Waals surface area contributed by atoms with Gasteiger partial charge in [0.15, 0.2) is 6.04 Å². The fraction of sp³-hybridized carbons (Fsp3) is 0.875. The number of carbonyl (C=O) groups is 1. The highest BCUT2D eigenvalue weighted by Gasteiger charge is 2.19. The molecule has 0 aliphatic rings. The zero-order chi connectivity index (χ0) is 8.85. The van der Waals surface area contributed by atoms with Crippen LogP contribution in [0.3, 0.4) is 0 Å². The number of halogens is 1. The smallest absolute Gasteiger partial charge is 0.364 e. The van der Waals surface area contributed by atoms with Crippen molar-refractivity contribution in [3.8, 4) is 0 Å². The summed E-state index contributed by atoms with van der Waals surface area (Å²) in [6.07, 6.45) is 0.804. The van der Waals surface area contributed by atoms with Gasteiger partial charge in [0.1, 0.15) is 0 Å². The molecule has 0 aliphatic carbocycles. The van der Waals surface area contributed by atoms with Crippen molar-refractivity contribution in [1.29, 1.82) is 0 Å². The Morgan fingerprint density at radius 2 is 2.00 bits per heavy atom. The van der Waals surface area contributed by atoms with Crippen molar-refractivity contribution in [3.63, 3.8) is 0 Å². The van der Waals surface area contributed by atoms with Gasteiger partial charge in [0.05, 0.1) is 6.61 Å². The molecule has 3 N–H and O–H groups in total. The molecule has 0 aromatic carbocycles. The van der Waals surface area contributed by atoms with E-state index in [-0.39, 0.29) is 24.4 Å². The molecule has 0 aliphatic heterocycles. The van der Waals surface area contributed by atoms with Crippen molar-refractivity contribution < 1.29 is 27.7 Å². The average molecular weight is 196 g/mol. The van der Waals surface area contributed by atoms with Crippen LogP contribution in [0.5, 0.6) is 0 Å². The highest BCUT2D eigenvalue weighted by atomic mass is 35.5. The second-order valence-corrected chi connectivity index (χ2v) is 3.08. The Balaban J connectivity index is 0. The predicted octanol–water partition coefficient (Wildman–Crippen LogP) is -2.79. The van der Waals surface area contributed by atoms with Crippen LogP contribution in [0, 0.1) is 5.92 Å². The summed E-state index contributed by atoms with van der Waals surface area (Å²) in [5.74, 6) is 0.322. The van der Waals surface area contributed by atoms with Crippen molar-refractivity contribution in [1.82, 2.24) is 0 Å². The van der Waals surface area contributed by atoms with Crippen LogP contribution in [0.2, 0.25) is 0 Å². The highest BCUT2D eigenvalue weighted by molar-refractivity contribution is 5.73. The van der Waals surface area contributed by atoms with E-state index in [1.54, 1.807) is 6.92 Å². The van der Waals surface area contributed by atoms with Crippen LogP contribution in [-0.2, 0) is 9.53 Å². The summed E-state index contributed by atoms with van der Waals surface area (Å²) in [4.78, 5) is 11.0. The van der Waals surface area contributed by atoms with Crippen molar-refractivity contribution in [3.05, 3.63) is 0 Å². The molecule has 1 atom stereocenters. The Kier molecular flexibility index (Phi) is 8.76. The molecule has 0 rings (SSSR count). The van der Waals surface area contributed by atoms with Gasteiger partial charge in [-0.25, -0.2) is 4.79 Å². The van der Waals surface area contributed by atoms with E-state index in [0.717, 1.165) is 6.42 Å². The van der Waals surface area contributed by atoms with Crippen LogP contribution >= 0.6 is 0 Å². The van der Waals surface area contributed by atoms with E-state index >= 15 is 0 Å². The first kappa shape index (κ1) is 14.3. The second kappa shape index (κ2) is 7.37. The van der Waals surface area contributed by atoms with Gasteiger partial charge < -0.3 is 22.9 Å². The molecule has 1 unspecified atom stereocenters. The van der Waals surface area contributed by atoms with Gasteiger partial charge in [0.25, 0.3) is 0 Å². The lowest BCUT2D eigenvalue weighted by Crippen LogP contribution is -3.00. The van der Waals surface area contributed by atoms with Gasteiger partial charge in [-0.2, -0.15) is 0 Å². The van der Waals surface area contributed by atoms with E-state index in [2.05, 4.69) is 19.6 Å². The lowest BCUT2D eigenvalue weighted by molar-refractivity contribution is -0.411.